The summed E-state index contributed by atoms with van der Waals surface area (Å²) >= 11 is 0. The molecule has 6 nitrogen and oxygen atoms in total. The van der Waals surface area contributed by atoms with E-state index in [0.717, 1.165) is 19.6 Å². The maximum atomic E-state index is 11.4. The smallest absolute Gasteiger partial charge is 0.315 e. The van der Waals surface area contributed by atoms with E-state index in [4.69, 9.17) is 5.11 Å². The van der Waals surface area contributed by atoms with Crippen LogP contribution in [0.1, 0.15) is 27.2 Å². The minimum atomic E-state index is -0.915. The van der Waals surface area contributed by atoms with Crippen LogP contribution in [-0.2, 0) is 4.79 Å². The van der Waals surface area contributed by atoms with Gasteiger partial charge in [0, 0.05) is 19.1 Å². The van der Waals surface area contributed by atoms with E-state index in [1.165, 1.54) is 0 Å². The molecule has 0 aliphatic carbocycles. The molecule has 1 atom stereocenters. The number of hydrogen-bond donors (Lipinski definition) is 3. The number of rotatable bonds is 8. The van der Waals surface area contributed by atoms with Crippen molar-refractivity contribution in [2.24, 2.45) is 0 Å². The molecule has 0 aliphatic rings. The summed E-state index contributed by atoms with van der Waals surface area (Å²) < 4.78 is 0. The van der Waals surface area contributed by atoms with Crippen LogP contribution < -0.4 is 10.6 Å². The number of aliphatic carboxylic acids is 1. The second kappa shape index (κ2) is 8.81. The first kappa shape index (κ1) is 15.7. The van der Waals surface area contributed by atoms with Gasteiger partial charge >= 0.3 is 12.0 Å². The standard InChI is InChI=1S/C11H23N3O3/c1-4-14(5-2)8-9(3)13-11(17)12-7-6-10(15)16/h9H,4-8H2,1-3H3,(H,15,16)(H2,12,13,17). The normalized spacial score (nSPS) is 12.2. The Hall–Kier alpha value is -1.30. The monoisotopic (exact) mass is 245 g/mol. The number of carbonyl (C=O) groups is 2. The van der Waals surface area contributed by atoms with Gasteiger partial charge in [0.1, 0.15) is 0 Å². The predicted molar refractivity (Wildman–Crippen MR) is 66.0 cm³/mol. The number of likely N-dealkylation sites (N-methyl/N-ethyl adjacent to an activating group) is 1. The van der Waals surface area contributed by atoms with Crippen LogP contribution in [0.15, 0.2) is 0 Å². The number of carboxylic acid groups (broad SMARTS) is 1. The molecule has 0 rings (SSSR count). The number of hydrogen-bond acceptors (Lipinski definition) is 3. The lowest BCUT2D eigenvalue weighted by molar-refractivity contribution is -0.136. The van der Waals surface area contributed by atoms with Gasteiger partial charge < -0.3 is 20.6 Å². The number of nitrogens with one attached hydrogen (secondary N) is 2. The van der Waals surface area contributed by atoms with Crippen LogP contribution in [0.2, 0.25) is 0 Å². The van der Waals surface area contributed by atoms with Gasteiger partial charge in [-0.15, -0.1) is 0 Å². The number of carbonyl (C=O) groups excluding carboxylic acids is 1. The lowest BCUT2D eigenvalue weighted by atomic mass is 10.3. The van der Waals surface area contributed by atoms with Crippen molar-refractivity contribution in [2.75, 3.05) is 26.2 Å². The second-order valence-corrected chi connectivity index (χ2v) is 3.93. The predicted octanol–water partition coefficient (Wildman–Crippen LogP) is 0.491. The van der Waals surface area contributed by atoms with Crippen LogP contribution in [0.25, 0.3) is 0 Å². The fraction of sp³-hybridized carbons (Fsp3) is 0.818. The van der Waals surface area contributed by atoms with Crippen LogP contribution >= 0.6 is 0 Å². The first-order valence-corrected chi connectivity index (χ1v) is 5.98. The molecule has 6 heteroatoms. The number of amides is 2. The number of nitrogens with zero attached hydrogens (tertiary/aromatic N) is 1. The molecule has 100 valence electrons. The Morgan fingerprint density at radius 3 is 2.35 bits per heavy atom. The van der Waals surface area contributed by atoms with Crippen molar-refractivity contribution in [1.82, 2.24) is 15.5 Å². The van der Waals surface area contributed by atoms with Crippen LogP contribution in [0.4, 0.5) is 4.79 Å². The first-order valence-electron chi connectivity index (χ1n) is 5.98. The maximum absolute atomic E-state index is 11.4. The van der Waals surface area contributed by atoms with E-state index in [1.807, 2.05) is 6.92 Å². The summed E-state index contributed by atoms with van der Waals surface area (Å²) in [5, 5.41) is 13.7. The van der Waals surface area contributed by atoms with E-state index >= 15 is 0 Å². The zero-order valence-electron chi connectivity index (χ0n) is 10.8. The van der Waals surface area contributed by atoms with Crippen molar-refractivity contribution in [1.29, 1.82) is 0 Å². The zero-order chi connectivity index (χ0) is 13.3. The molecule has 0 saturated heterocycles. The maximum Gasteiger partial charge on any atom is 0.315 e. The van der Waals surface area contributed by atoms with Gasteiger partial charge in [0.15, 0.2) is 0 Å². The molecule has 17 heavy (non-hydrogen) atoms. The molecule has 0 aliphatic heterocycles. The molecule has 1 unspecified atom stereocenters. The molecule has 3 N–H and O–H groups in total. The molecular weight excluding hydrogens is 222 g/mol. The van der Waals surface area contributed by atoms with Gasteiger partial charge in [0.05, 0.1) is 6.42 Å². The molecule has 0 aromatic rings. The molecule has 0 saturated carbocycles. The zero-order valence-corrected chi connectivity index (χ0v) is 10.8. The third-order valence-corrected chi connectivity index (χ3v) is 2.43. The summed E-state index contributed by atoms with van der Waals surface area (Å²) in [4.78, 5) is 23.8. The van der Waals surface area contributed by atoms with Crippen molar-refractivity contribution in [3.63, 3.8) is 0 Å². The van der Waals surface area contributed by atoms with E-state index in [1.54, 1.807) is 0 Å². The molecule has 0 heterocycles. The first-order chi connectivity index (χ1) is 7.99. The van der Waals surface area contributed by atoms with E-state index in [-0.39, 0.29) is 25.0 Å². The summed E-state index contributed by atoms with van der Waals surface area (Å²) in [7, 11) is 0. The van der Waals surface area contributed by atoms with Gasteiger partial charge in [0.25, 0.3) is 0 Å². The van der Waals surface area contributed by atoms with E-state index in [2.05, 4.69) is 29.4 Å². The summed E-state index contributed by atoms with van der Waals surface area (Å²) in [5.41, 5.74) is 0. The van der Waals surface area contributed by atoms with Gasteiger partial charge in [0.2, 0.25) is 0 Å². The summed E-state index contributed by atoms with van der Waals surface area (Å²) in [6.45, 7) is 8.91. The van der Waals surface area contributed by atoms with Gasteiger partial charge in [-0.25, -0.2) is 4.79 Å². The van der Waals surface area contributed by atoms with Gasteiger partial charge in [-0.05, 0) is 20.0 Å². The van der Waals surface area contributed by atoms with Crippen molar-refractivity contribution >= 4 is 12.0 Å². The Bertz CT molecular complexity index is 242. The van der Waals surface area contributed by atoms with Crippen LogP contribution in [0.5, 0.6) is 0 Å². The van der Waals surface area contributed by atoms with Crippen molar-refractivity contribution in [2.45, 2.75) is 33.2 Å². The highest BCUT2D eigenvalue weighted by molar-refractivity contribution is 5.75. The lowest BCUT2D eigenvalue weighted by Gasteiger charge is -2.23. The highest BCUT2D eigenvalue weighted by atomic mass is 16.4. The molecule has 0 spiro atoms. The molecule has 0 aromatic carbocycles. The van der Waals surface area contributed by atoms with Crippen molar-refractivity contribution < 1.29 is 14.7 Å². The number of carboxylic acids is 1. The average molecular weight is 245 g/mol. The highest BCUT2D eigenvalue weighted by Gasteiger charge is 2.10. The van der Waals surface area contributed by atoms with Crippen LogP contribution in [0.3, 0.4) is 0 Å². The van der Waals surface area contributed by atoms with Gasteiger partial charge in [-0.2, -0.15) is 0 Å². The molecule has 0 fully saturated rings. The largest absolute Gasteiger partial charge is 0.481 e. The Kier molecular flexibility index (Phi) is 8.13. The van der Waals surface area contributed by atoms with Gasteiger partial charge in [-0.3, -0.25) is 4.79 Å². The van der Waals surface area contributed by atoms with Crippen LogP contribution in [0, 0.1) is 0 Å². The third-order valence-electron chi connectivity index (χ3n) is 2.43. The molecule has 0 aromatic heterocycles. The topological polar surface area (TPSA) is 81.7 Å². The lowest BCUT2D eigenvalue weighted by Crippen LogP contribution is -2.46. The Labute approximate surface area is 102 Å². The Balaban J connectivity index is 3.75. The molecule has 2 amide bonds. The van der Waals surface area contributed by atoms with Crippen LogP contribution in [-0.4, -0.2) is 54.2 Å². The minimum Gasteiger partial charge on any atom is -0.481 e. The van der Waals surface area contributed by atoms with Crippen molar-refractivity contribution in [3.05, 3.63) is 0 Å². The molecule has 0 radical (unpaired) electrons. The fourth-order valence-electron chi connectivity index (χ4n) is 1.47. The summed E-state index contributed by atoms with van der Waals surface area (Å²) in [5.74, 6) is -0.915. The quantitative estimate of drug-likeness (QED) is 0.581. The second-order valence-electron chi connectivity index (χ2n) is 3.93. The SMILES string of the molecule is CCN(CC)CC(C)NC(=O)NCCC(=O)O. The number of urea groups is 1. The Morgan fingerprint density at radius 1 is 1.29 bits per heavy atom. The minimum absolute atomic E-state index is 0.0414. The summed E-state index contributed by atoms with van der Waals surface area (Å²) in [6, 6.07) is -0.273. The fourth-order valence-corrected chi connectivity index (χ4v) is 1.47. The third kappa shape index (κ3) is 8.50. The molecular formula is C11H23N3O3. The Morgan fingerprint density at radius 2 is 1.88 bits per heavy atom. The average Bonchev–Trinajstić information content (AvgIpc) is 2.25. The molecule has 0 bridgehead atoms. The van der Waals surface area contributed by atoms with E-state index in [0.29, 0.717) is 0 Å². The highest BCUT2D eigenvalue weighted by Crippen LogP contribution is 1.91. The van der Waals surface area contributed by atoms with E-state index < -0.39 is 5.97 Å². The van der Waals surface area contributed by atoms with E-state index in [9.17, 15) is 9.59 Å². The summed E-state index contributed by atoms with van der Waals surface area (Å²) in [6.07, 6.45) is -0.0577. The van der Waals surface area contributed by atoms with Gasteiger partial charge in [-0.1, -0.05) is 13.8 Å². The van der Waals surface area contributed by atoms with Crippen molar-refractivity contribution in [3.8, 4) is 0 Å².